The van der Waals surface area contributed by atoms with Gasteiger partial charge in [0.15, 0.2) is 11.2 Å². The summed E-state index contributed by atoms with van der Waals surface area (Å²) in [5.41, 5.74) is -3.14. The van der Waals surface area contributed by atoms with E-state index in [1.807, 2.05) is 10.6 Å². The van der Waals surface area contributed by atoms with Crippen LogP contribution in [0.1, 0.15) is 125 Å². The molecule has 5 amide bonds. The number of carboxylic acid groups (broad SMARTS) is 2. The Balaban J connectivity index is 4.91. The quantitative estimate of drug-likeness (QED) is 0.0640. The van der Waals surface area contributed by atoms with Crippen molar-refractivity contribution in [2.24, 2.45) is 0 Å². The first-order valence-corrected chi connectivity index (χ1v) is 17.7. The second-order valence-corrected chi connectivity index (χ2v) is 13.2. The molecule has 0 saturated carbocycles. The second-order valence-electron chi connectivity index (χ2n) is 13.2. The number of aliphatic carboxylic acids is 2. The molecule has 0 radical (unpaired) electrons. The summed E-state index contributed by atoms with van der Waals surface area (Å²) < 4.78 is 10.1. The van der Waals surface area contributed by atoms with Crippen molar-refractivity contribution in [2.75, 3.05) is 39.3 Å². The highest BCUT2D eigenvalue weighted by atomic mass is 16.6. The number of carboxylic acids is 2. The summed E-state index contributed by atoms with van der Waals surface area (Å²) >= 11 is 0. The summed E-state index contributed by atoms with van der Waals surface area (Å²) in [4.78, 5) is 85.0. The van der Waals surface area contributed by atoms with E-state index < -0.39 is 60.2 Å². The molecule has 0 bridgehead atoms. The molecule has 6 N–H and O–H groups in total. The molecule has 0 aromatic carbocycles. The zero-order chi connectivity index (χ0) is 38.0. The van der Waals surface area contributed by atoms with Crippen molar-refractivity contribution in [1.29, 1.82) is 0 Å². The molecule has 0 aliphatic heterocycles. The van der Waals surface area contributed by atoms with Crippen molar-refractivity contribution in [3.63, 3.8) is 0 Å². The van der Waals surface area contributed by atoms with Crippen LogP contribution in [0.2, 0.25) is 0 Å². The van der Waals surface area contributed by atoms with Gasteiger partial charge in [-0.25, -0.2) is 9.59 Å². The molecule has 0 spiro atoms. The van der Waals surface area contributed by atoms with Gasteiger partial charge in [0.05, 0.1) is 0 Å². The Labute approximate surface area is 296 Å². The number of amides is 5. The fourth-order valence-corrected chi connectivity index (χ4v) is 4.75. The summed E-state index contributed by atoms with van der Waals surface area (Å²) in [5.74, 6) is -3.75. The number of rotatable bonds is 28. The van der Waals surface area contributed by atoms with E-state index in [-0.39, 0.29) is 19.0 Å². The molecule has 0 aliphatic rings. The molecule has 0 atom stereocenters. The van der Waals surface area contributed by atoms with E-state index in [4.69, 9.17) is 19.7 Å². The van der Waals surface area contributed by atoms with Crippen molar-refractivity contribution in [3.05, 3.63) is 0 Å². The third kappa shape index (κ3) is 23.3. The normalized spacial score (nSPS) is 11.2. The summed E-state index contributed by atoms with van der Waals surface area (Å²) in [5, 5.41) is 26.8. The van der Waals surface area contributed by atoms with Gasteiger partial charge >= 0.3 is 24.1 Å². The fraction of sp³-hybridized carbons (Fsp3) is 0.794. The van der Waals surface area contributed by atoms with Crippen LogP contribution in [0.3, 0.4) is 0 Å². The SMILES string of the molecule is CCCCCCCCCCCCCC(=O)N(CCCNC(=O)C(C)(C)OC(=O)NCC(=O)O)CCCNC(=O)C(C)(C)OC(=O)NCC(=O)O. The molecule has 0 saturated heterocycles. The van der Waals surface area contributed by atoms with Crippen molar-refractivity contribution >= 4 is 41.8 Å². The molecular formula is C34H61N5O11. The lowest BCUT2D eigenvalue weighted by Crippen LogP contribution is -2.48. The molecule has 0 fully saturated rings. The highest BCUT2D eigenvalue weighted by molar-refractivity contribution is 5.88. The predicted octanol–water partition coefficient (Wildman–Crippen LogP) is 3.71. The van der Waals surface area contributed by atoms with Crippen LogP contribution in [0, 0.1) is 0 Å². The van der Waals surface area contributed by atoms with Crippen LogP contribution in [-0.4, -0.2) is 107 Å². The van der Waals surface area contributed by atoms with Crippen LogP contribution in [0.15, 0.2) is 0 Å². The molecule has 0 aromatic rings. The van der Waals surface area contributed by atoms with E-state index in [2.05, 4.69) is 17.6 Å². The molecular weight excluding hydrogens is 654 g/mol. The van der Waals surface area contributed by atoms with E-state index in [0.717, 1.165) is 25.7 Å². The number of nitrogens with one attached hydrogen (secondary N) is 4. The standard InChI is InChI=1S/C34H61N5O11/c1-6-7-8-9-10-11-12-13-14-15-16-19-26(40)39(22-17-20-35-29(45)33(2,3)49-31(47)37-24-27(41)42)23-18-21-36-30(46)34(4,5)50-32(48)38-25-28(43)44/h6-25H2,1-5H3,(H,35,45)(H,36,46)(H,37,47)(H,38,48)(H,41,42)(H,43,44). The summed E-state index contributed by atoms with van der Waals surface area (Å²) in [6, 6.07) is 0. The van der Waals surface area contributed by atoms with Crippen LogP contribution in [-0.2, 0) is 33.4 Å². The van der Waals surface area contributed by atoms with E-state index >= 15 is 0 Å². The molecule has 50 heavy (non-hydrogen) atoms. The first kappa shape index (κ1) is 45.9. The molecule has 0 heterocycles. The molecule has 0 unspecified atom stereocenters. The first-order valence-electron chi connectivity index (χ1n) is 17.7. The van der Waals surface area contributed by atoms with Gasteiger partial charge in [-0.3, -0.25) is 24.0 Å². The van der Waals surface area contributed by atoms with Crippen LogP contribution >= 0.6 is 0 Å². The monoisotopic (exact) mass is 715 g/mol. The smallest absolute Gasteiger partial charge is 0.408 e. The summed E-state index contributed by atoms with van der Waals surface area (Å²) in [6.07, 6.45) is 11.8. The van der Waals surface area contributed by atoms with E-state index in [1.54, 1.807) is 4.90 Å². The van der Waals surface area contributed by atoms with E-state index in [0.29, 0.717) is 32.4 Å². The average molecular weight is 716 g/mol. The lowest BCUT2D eigenvalue weighted by Gasteiger charge is -2.26. The van der Waals surface area contributed by atoms with Gasteiger partial charge in [-0.05, 0) is 47.0 Å². The number of carbonyl (C=O) groups is 7. The molecule has 0 aliphatic carbocycles. The van der Waals surface area contributed by atoms with Crippen molar-refractivity contribution in [1.82, 2.24) is 26.2 Å². The number of carbonyl (C=O) groups excluding carboxylic acids is 5. The minimum atomic E-state index is -1.57. The van der Waals surface area contributed by atoms with Gasteiger partial charge in [0, 0.05) is 32.6 Å². The number of ether oxygens (including phenoxy) is 2. The average Bonchev–Trinajstić information content (AvgIpc) is 3.03. The molecule has 16 nitrogen and oxygen atoms in total. The maximum absolute atomic E-state index is 13.2. The third-order valence-electron chi connectivity index (χ3n) is 7.68. The van der Waals surface area contributed by atoms with E-state index in [1.165, 1.54) is 72.6 Å². The molecule has 16 heteroatoms. The third-order valence-corrected chi connectivity index (χ3v) is 7.68. The minimum Gasteiger partial charge on any atom is -0.480 e. The zero-order valence-corrected chi connectivity index (χ0v) is 30.7. The lowest BCUT2D eigenvalue weighted by molar-refractivity contribution is -0.138. The molecule has 0 rings (SSSR count). The Hall–Kier alpha value is -4.11. The van der Waals surface area contributed by atoms with Gasteiger partial charge in [0.25, 0.3) is 11.8 Å². The Morgan fingerprint density at radius 3 is 1.26 bits per heavy atom. The zero-order valence-electron chi connectivity index (χ0n) is 30.7. The lowest BCUT2D eigenvalue weighted by atomic mass is 10.1. The Kier molecular flexibility index (Phi) is 23.7. The van der Waals surface area contributed by atoms with Gasteiger partial charge < -0.3 is 45.9 Å². The predicted molar refractivity (Wildman–Crippen MR) is 185 cm³/mol. The fourth-order valence-electron chi connectivity index (χ4n) is 4.75. The number of nitrogens with zero attached hydrogens (tertiary/aromatic N) is 1. The number of unbranched alkanes of at least 4 members (excludes halogenated alkanes) is 10. The second kappa shape index (κ2) is 25.8. The summed E-state index contributed by atoms with van der Waals surface area (Å²) in [6.45, 7) is 7.39. The van der Waals surface area contributed by atoms with Gasteiger partial charge in [-0.2, -0.15) is 0 Å². The van der Waals surface area contributed by atoms with Gasteiger partial charge in [0.2, 0.25) is 5.91 Å². The Morgan fingerprint density at radius 2 is 0.900 bits per heavy atom. The topological polar surface area (TPSA) is 230 Å². The van der Waals surface area contributed by atoms with Crippen molar-refractivity contribution in [3.8, 4) is 0 Å². The van der Waals surface area contributed by atoms with E-state index in [9.17, 15) is 33.6 Å². The molecule has 288 valence electrons. The van der Waals surface area contributed by atoms with Gasteiger partial charge in [-0.15, -0.1) is 0 Å². The van der Waals surface area contributed by atoms with Crippen molar-refractivity contribution < 1.29 is 53.2 Å². The largest absolute Gasteiger partial charge is 0.480 e. The van der Waals surface area contributed by atoms with Gasteiger partial charge in [0.1, 0.15) is 13.1 Å². The number of alkyl carbamates (subject to hydrolysis) is 2. The van der Waals surface area contributed by atoms with Crippen molar-refractivity contribution in [2.45, 2.75) is 136 Å². The number of hydrogen-bond acceptors (Lipinski definition) is 9. The van der Waals surface area contributed by atoms with Crippen LogP contribution in [0.25, 0.3) is 0 Å². The van der Waals surface area contributed by atoms with Crippen LogP contribution < -0.4 is 21.3 Å². The van der Waals surface area contributed by atoms with Gasteiger partial charge in [-0.1, -0.05) is 71.1 Å². The Bertz CT molecular complexity index is 1020. The Morgan fingerprint density at radius 1 is 0.540 bits per heavy atom. The summed E-state index contributed by atoms with van der Waals surface area (Å²) in [7, 11) is 0. The maximum Gasteiger partial charge on any atom is 0.408 e. The first-order chi connectivity index (χ1) is 23.5. The maximum atomic E-state index is 13.2. The van der Waals surface area contributed by atoms with Crippen LogP contribution in [0.5, 0.6) is 0 Å². The minimum absolute atomic E-state index is 0.0453. The molecule has 0 aromatic heterocycles. The van der Waals surface area contributed by atoms with Crippen LogP contribution in [0.4, 0.5) is 9.59 Å². The number of hydrogen-bond donors (Lipinski definition) is 6. The highest BCUT2D eigenvalue weighted by Crippen LogP contribution is 2.14. The highest BCUT2D eigenvalue weighted by Gasteiger charge is 2.33.